The Labute approximate surface area is 182 Å². The van der Waals surface area contributed by atoms with Crippen molar-refractivity contribution in [2.75, 3.05) is 27.3 Å². The maximum Gasteiger partial charge on any atom is 0.404 e. The van der Waals surface area contributed by atoms with Crippen molar-refractivity contribution in [2.45, 2.75) is 25.7 Å². The van der Waals surface area contributed by atoms with Gasteiger partial charge in [-0.3, -0.25) is 9.78 Å². The normalized spacial score (nSPS) is 18.1. The summed E-state index contributed by atoms with van der Waals surface area (Å²) in [5.41, 5.74) is 1.98. The number of methoxy groups -OCH3 is 2. The van der Waals surface area contributed by atoms with E-state index >= 15 is 0 Å². The average Bonchev–Trinajstić information content (AvgIpc) is 2.81. The third-order valence-electron chi connectivity index (χ3n) is 5.77. The molecule has 1 aliphatic rings. The van der Waals surface area contributed by atoms with Crippen molar-refractivity contribution in [1.29, 1.82) is 0 Å². The second kappa shape index (κ2) is 10.7. The minimum absolute atomic E-state index is 0.134. The Morgan fingerprint density at radius 3 is 2.29 bits per heavy atom. The van der Waals surface area contributed by atoms with E-state index in [1.54, 1.807) is 38.6 Å². The lowest BCUT2D eigenvalue weighted by Crippen LogP contribution is -2.34. The molecule has 0 radical (unpaired) electrons. The zero-order valence-corrected chi connectivity index (χ0v) is 17.9. The number of nitrogens with one attached hydrogen (secondary N) is 2. The van der Waals surface area contributed by atoms with Crippen molar-refractivity contribution in [1.82, 2.24) is 15.6 Å². The minimum Gasteiger partial charge on any atom is -0.497 e. The van der Waals surface area contributed by atoms with Crippen LogP contribution in [0.15, 0.2) is 36.5 Å². The average molecular weight is 428 g/mol. The first-order valence-electron chi connectivity index (χ1n) is 10.4. The summed E-state index contributed by atoms with van der Waals surface area (Å²) in [5.74, 6) is 1.96. The van der Waals surface area contributed by atoms with Gasteiger partial charge >= 0.3 is 6.09 Å². The Morgan fingerprint density at radius 2 is 1.68 bits per heavy atom. The van der Waals surface area contributed by atoms with E-state index in [4.69, 9.17) is 14.6 Å². The lowest BCUT2D eigenvalue weighted by molar-refractivity contribution is 0.0940. The van der Waals surface area contributed by atoms with Crippen molar-refractivity contribution in [2.24, 2.45) is 11.8 Å². The van der Waals surface area contributed by atoms with Crippen molar-refractivity contribution in [3.05, 3.63) is 42.1 Å². The summed E-state index contributed by atoms with van der Waals surface area (Å²) in [6, 6.07) is 8.93. The number of hydrogen-bond acceptors (Lipinski definition) is 5. The van der Waals surface area contributed by atoms with E-state index in [0.717, 1.165) is 31.2 Å². The number of nitrogens with zero attached hydrogens (tertiary/aromatic N) is 1. The van der Waals surface area contributed by atoms with Crippen LogP contribution in [0.2, 0.25) is 0 Å². The van der Waals surface area contributed by atoms with E-state index in [1.807, 2.05) is 12.1 Å². The van der Waals surface area contributed by atoms with E-state index in [0.29, 0.717) is 47.7 Å². The summed E-state index contributed by atoms with van der Waals surface area (Å²) in [6.45, 7) is 1.12. The summed E-state index contributed by atoms with van der Waals surface area (Å²) in [6.07, 6.45) is 4.55. The van der Waals surface area contributed by atoms with Crippen molar-refractivity contribution >= 4 is 12.0 Å². The molecule has 8 nitrogen and oxygen atoms in total. The largest absolute Gasteiger partial charge is 0.497 e. The molecule has 1 aromatic carbocycles. The molecule has 1 aliphatic carbocycles. The second-order valence-corrected chi connectivity index (χ2v) is 7.78. The molecule has 1 aromatic heterocycles. The highest BCUT2D eigenvalue weighted by Crippen LogP contribution is 2.32. The van der Waals surface area contributed by atoms with Gasteiger partial charge in [0.2, 0.25) is 0 Å². The topological polar surface area (TPSA) is 110 Å². The Morgan fingerprint density at radius 1 is 1.00 bits per heavy atom. The molecule has 3 N–H and O–H groups in total. The predicted molar refractivity (Wildman–Crippen MR) is 117 cm³/mol. The number of aromatic nitrogens is 1. The van der Waals surface area contributed by atoms with Gasteiger partial charge in [0.1, 0.15) is 11.5 Å². The van der Waals surface area contributed by atoms with E-state index in [9.17, 15) is 9.59 Å². The lowest BCUT2D eigenvalue weighted by atomic mass is 9.82. The van der Waals surface area contributed by atoms with Crippen LogP contribution in [0, 0.1) is 11.8 Å². The molecule has 0 saturated heterocycles. The molecule has 2 amide bonds. The zero-order chi connectivity index (χ0) is 22.2. The molecule has 1 fully saturated rings. The van der Waals surface area contributed by atoms with Gasteiger partial charge in [-0.15, -0.1) is 0 Å². The molecule has 2 aromatic rings. The molecule has 1 heterocycles. The molecule has 3 rings (SSSR count). The van der Waals surface area contributed by atoms with Crippen LogP contribution in [0.1, 0.15) is 36.0 Å². The van der Waals surface area contributed by atoms with Gasteiger partial charge in [-0.25, -0.2) is 4.79 Å². The summed E-state index contributed by atoms with van der Waals surface area (Å²) in [4.78, 5) is 27.7. The molecular weight excluding hydrogens is 398 g/mol. The van der Waals surface area contributed by atoms with Gasteiger partial charge in [0.05, 0.1) is 19.9 Å². The number of pyridine rings is 1. The maximum absolute atomic E-state index is 12.7. The van der Waals surface area contributed by atoms with Gasteiger partial charge in [0, 0.05) is 36.5 Å². The Kier molecular flexibility index (Phi) is 7.70. The molecule has 0 unspecified atom stereocenters. The second-order valence-electron chi connectivity index (χ2n) is 7.78. The first-order chi connectivity index (χ1) is 15.0. The van der Waals surface area contributed by atoms with Crippen molar-refractivity contribution in [3.63, 3.8) is 0 Å². The molecule has 0 bridgehead atoms. The van der Waals surface area contributed by atoms with Gasteiger partial charge < -0.3 is 25.2 Å². The molecule has 31 heavy (non-hydrogen) atoms. The van der Waals surface area contributed by atoms with E-state index in [2.05, 4.69) is 15.6 Å². The van der Waals surface area contributed by atoms with E-state index in [-0.39, 0.29) is 5.91 Å². The van der Waals surface area contributed by atoms with Gasteiger partial charge in [-0.2, -0.15) is 0 Å². The Hall–Kier alpha value is -3.29. The smallest absolute Gasteiger partial charge is 0.404 e. The van der Waals surface area contributed by atoms with Crippen LogP contribution in [0.3, 0.4) is 0 Å². The van der Waals surface area contributed by atoms with Crippen LogP contribution in [-0.2, 0) is 0 Å². The van der Waals surface area contributed by atoms with Crippen LogP contribution < -0.4 is 20.1 Å². The highest BCUT2D eigenvalue weighted by Gasteiger charge is 2.22. The molecule has 8 heteroatoms. The van der Waals surface area contributed by atoms with Crippen LogP contribution in [0.5, 0.6) is 11.5 Å². The number of benzene rings is 1. The Bertz CT molecular complexity index is 910. The zero-order valence-electron chi connectivity index (χ0n) is 17.9. The van der Waals surface area contributed by atoms with Crippen molar-refractivity contribution in [3.8, 4) is 22.8 Å². The van der Waals surface area contributed by atoms with E-state index < -0.39 is 6.09 Å². The van der Waals surface area contributed by atoms with Crippen LogP contribution in [-0.4, -0.2) is 49.4 Å². The monoisotopic (exact) mass is 427 g/mol. The van der Waals surface area contributed by atoms with Crippen molar-refractivity contribution < 1.29 is 24.2 Å². The number of carbonyl (C=O) groups is 2. The molecule has 0 atom stereocenters. The van der Waals surface area contributed by atoms with Crippen LogP contribution in [0.4, 0.5) is 4.79 Å². The van der Waals surface area contributed by atoms with Gasteiger partial charge in [0.25, 0.3) is 5.91 Å². The highest BCUT2D eigenvalue weighted by molar-refractivity contribution is 5.95. The third-order valence-corrected chi connectivity index (χ3v) is 5.77. The number of carbonyl (C=O) groups excluding carboxylic acids is 1. The molecule has 166 valence electrons. The molecule has 0 spiro atoms. The first-order valence-corrected chi connectivity index (χ1v) is 10.4. The molecule has 1 saturated carbocycles. The van der Waals surface area contributed by atoms with Gasteiger partial charge in [-0.1, -0.05) is 0 Å². The minimum atomic E-state index is -0.974. The van der Waals surface area contributed by atoms with Gasteiger partial charge in [0.15, 0.2) is 0 Å². The molecular formula is C23H29N3O5. The third kappa shape index (κ3) is 6.10. The predicted octanol–water partition coefficient (Wildman–Crippen LogP) is 3.57. The fraction of sp³-hybridized carbons (Fsp3) is 0.435. The summed E-state index contributed by atoms with van der Waals surface area (Å²) < 4.78 is 10.7. The Balaban J connectivity index is 1.57. The highest BCUT2D eigenvalue weighted by atomic mass is 16.5. The number of hydrogen-bond donors (Lipinski definition) is 3. The quantitative estimate of drug-likeness (QED) is 0.594. The van der Waals surface area contributed by atoms with Crippen LogP contribution >= 0.6 is 0 Å². The first kappa shape index (κ1) is 22.4. The number of ether oxygens (including phenoxy) is 2. The standard InChI is InChI=1S/C23H29N3O5/c1-30-18-7-8-19(21(12-18)31-2)20-11-17(9-10-24-20)22(27)25-13-15-3-5-16(6-4-15)14-26-23(28)29/h7-12,15-16,26H,3-6,13-14H2,1-2H3,(H,25,27)(H,28,29)/t15-,16-. The number of amides is 2. The number of carboxylic acid groups (broad SMARTS) is 1. The summed E-state index contributed by atoms with van der Waals surface area (Å²) in [5, 5.41) is 14.2. The van der Waals surface area contributed by atoms with Crippen LogP contribution in [0.25, 0.3) is 11.3 Å². The van der Waals surface area contributed by atoms with E-state index in [1.165, 1.54) is 0 Å². The fourth-order valence-corrected chi connectivity index (χ4v) is 3.94. The lowest BCUT2D eigenvalue weighted by Gasteiger charge is -2.28. The number of rotatable bonds is 8. The summed E-state index contributed by atoms with van der Waals surface area (Å²) >= 11 is 0. The fourth-order valence-electron chi connectivity index (χ4n) is 3.94. The SMILES string of the molecule is COc1ccc(-c2cc(C(=O)NC[C@H]3CC[C@H](CNC(=O)O)CC3)ccn2)c(OC)c1. The maximum atomic E-state index is 12.7. The summed E-state index contributed by atoms with van der Waals surface area (Å²) in [7, 11) is 3.18. The molecule has 0 aliphatic heterocycles. The van der Waals surface area contributed by atoms with Gasteiger partial charge in [-0.05, 0) is 61.8 Å².